The number of nitrogens with two attached hydrogens (primary N) is 1. The highest BCUT2D eigenvalue weighted by molar-refractivity contribution is 6.44. The molecule has 0 fully saturated rings. The fraction of sp³-hybridized carbons (Fsp3) is 0.235. The Morgan fingerprint density at radius 3 is 2.81 bits per heavy atom. The van der Waals surface area contributed by atoms with E-state index in [-0.39, 0.29) is 27.6 Å². The number of hydrogen-bond acceptors (Lipinski definition) is 5. The maximum Gasteiger partial charge on any atom is 0.255 e. The SMILES string of the molecule is CC1C(N)=C(Nc2cnccn2)CCN1C(=O)c1ccc(F)c(Cl)c1Cl. The Morgan fingerprint density at radius 2 is 2.12 bits per heavy atom. The molecule has 2 heterocycles. The summed E-state index contributed by atoms with van der Waals surface area (Å²) in [6.07, 6.45) is 5.24. The molecular formula is C17H16Cl2FN5O. The van der Waals surface area contributed by atoms with Crippen molar-refractivity contribution in [3.05, 3.63) is 63.5 Å². The van der Waals surface area contributed by atoms with Gasteiger partial charge in [0, 0.05) is 31.1 Å². The molecule has 1 aliphatic heterocycles. The largest absolute Gasteiger partial charge is 0.399 e. The predicted octanol–water partition coefficient (Wildman–Crippen LogP) is 3.44. The smallest absolute Gasteiger partial charge is 0.255 e. The Hall–Kier alpha value is -2.38. The van der Waals surface area contributed by atoms with Crippen LogP contribution in [0.2, 0.25) is 10.0 Å². The first kappa shape index (κ1) is 18.4. The lowest BCUT2D eigenvalue weighted by molar-refractivity contribution is 0.0705. The third kappa shape index (κ3) is 3.45. The first-order valence-electron chi connectivity index (χ1n) is 7.86. The van der Waals surface area contributed by atoms with Crippen LogP contribution in [0.4, 0.5) is 10.2 Å². The van der Waals surface area contributed by atoms with Gasteiger partial charge in [-0.2, -0.15) is 0 Å². The van der Waals surface area contributed by atoms with Gasteiger partial charge in [0.25, 0.3) is 5.91 Å². The van der Waals surface area contributed by atoms with Gasteiger partial charge in [-0.1, -0.05) is 23.2 Å². The van der Waals surface area contributed by atoms with Crippen molar-refractivity contribution < 1.29 is 9.18 Å². The first-order chi connectivity index (χ1) is 12.4. The highest BCUT2D eigenvalue weighted by atomic mass is 35.5. The lowest BCUT2D eigenvalue weighted by Gasteiger charge is -2.35. The van der Waals surface area contributed by atoms with Gasteiger partial charge < -0.3 is 16.0 Å². The van der Waals surface area contributed by atoms with Gasteiger partial charge in [-0.3, -0.25) is 9.78 Å². The number of nitrogens with zero attached hydrogens (tertiary/aromatic N) is 3. The van der Waals surface area contributed by atoms with Crippen molar-refractivity contribution in [3.8, 4) is 0 Å². The molecule has 0 radical (unpaired) electrons. The minimum atomic E-state index is -0.672. The molecule has 1 unspecified atom stereocenters. The fourth-order valence-electron chi connectivity index (χ4n) is 2.77. The first-order valence-corrected chi connectivity index (χ1v) is 8.61. The fourth-order valence-corrected chi connectivity index (χ4v) is 3.17. The Morgan fingerprint density at radius 1 is 1.35 bits per heavy atom. The molecule has 136 valence electrons. The Balaban J connectivity index is 1.84. The van der Waals surface area contributed by atoms with Gasteiger partial charge >= 0.3 is 0 Å². The van der Waals surface area contributed by atoms with Gasteiger partial charge in [-0.05, 0) is 19.1 Å². The van der Waals surface area contributed by atoms with E-state index in [9.17, 15) is 9.18 Å². The summed E-state index contributed by atoms with van der Waals surface area (Å²) in [4.78, 5) is 22.6. The summed E-state index contributed by atoms with van der Waals surface area (Å²) in [5.41, 5.74) is 7.66. The number of carbonyl (C=O) groups is 1. The van der Waals surface area contributed by atoms with Gasteiger partial charge in [-0.25, -0.2) is 9.37 Å². The third-order valence-electron chi connectivity index (χ3n) is 4.24. The van der Waals surface area contributed by atoms with Crippen molar-refractivity contribution in [1.82, 2.24) is 14.9 Å². The average molecular weight is 396 g/mol. The highest BCUT2D eigenvalue weighted by Gasteiger charge is 2.31. The van der Waals surface area contributed by atoms with Crippen LogP contribution in [0.5, 0.6) is 0 Å². The van der Waals surface area contributed by atoms with E-state index < -0.39 is 5.82 Å². The maximum atomic E-state index is 13.5. The van der Waals surface area contributed by atoms with E-state index in [1.165, 1.54) is 6.07 Å². The van der Waals surface area contributed by atoms with Crippen LogP contribution < -0.4 is 11.1 Å². The molecular weight excluding hydrogens is 380 g/mol. The molecule has 1 amide bonds. The minimum absolute atomic E-state index is 0.102. The van der Waals surface area contributed by atoms with Crippen molar-refractivity contribution in [2.24, 2.45) is 5.73 Å². The monoisotopic (exact) mass is 395 g/mol. The molecule has 0 saturated heterocycles. The number of aromatic nitrogens is 2. The Labute approximate surface area is 159 Å². The molecule has 9 heteroatoms. The quantitative estimate of drug-likeness (QED) is 0.777. The summed E-state index contributed by atoms with van der Waals surface area (Å²) >= 11 is 11.9. The molecule has 3 rings (SSSR count). The van der Waals surface area contributed by atoms with Gasteiger partial charge in [-0.15, -0.1) is 0 Å². The average Bonchev–Trinajstić information content (AvgIpc) is 2.64. The van der Waals surface area contributed by atoms with Gasteiger partial charge in [0.2, 0.25) is 0 Å². The standard InChI is InChI=1S/C17H16Cl2FN5O/c1-9-16(21)12(24-13-8-22-5-6-23-13)4-7-25(9)17(26)10-2-3-11(20)15(19)14(10)18/h2-3,5-6,8-9H,4,7,21H2,1H3,(H,23,24). The van der Waals surface area contributed by atoms with Crippen LogP contribution in [0.3, 0.4) is 0 Å². The molecule has 0 saturated carbocycles. The molecule has 26 heavy (non-hydrogen) atoms. The number of carbonyl (C=O) groups excluding carboxylic acids is 1. The number of benzene rings is 1. The highest BCUT2D eigenvalue weighted by Crippen LogP contribution is 2.31. The summed E-state index contributed by atoms with van der Waals surface area (Å²) in [5, 5.41) is 2.76. The second-order valence-electron chi connectivity index (χ2n) is 5.80. The maximum absolute atomic E-state index is 13.5. The zero-order valence-electron chi connectivity index (χ0n) is 13.8. The third-order valence-corrected chi connectivity index (χ3v) is 5.10. The topological polar surface area (TPSA) is 84.1 Å². The van der Waals surface area contributed by atoms with Crippen LogP contribution in [-0.2, 0) is 0 Å². The normalized spacial score (nSPS) is 17.4. The molecule has 6 nitrogen and oxygen atoms in total. The van der Waals surface area contributed by atoms with Crippen LogP contribution in [0, 0.1) is 5.82 Å². The van der Waals surface area contributed by atoms with Gasteiger partial charge in [0.05, 0.1) is 33.5 Å². The van der Waals surface area contributed by atoms with Gasteiger partial charge in [0.1, 0.15) is 11.6 Å². The number of rotatable bonds is 3. The van der Waals surface area contributed by atoms with E-state index in [0.717, 1.165) is 11.8 Å². The van der Waals surface area contributed by atoms with Crippen LogP contribution in [0.1, 0.15) is 23.7 Å². The number of nitrogens with one attached hydrogen (secondary N) is 1. The molecule has 3 N–H and O–H groups in total. The van der Waals surface area contributed by atoms with Crippen molar-refractivity contribution in [3.63, 3.8) is 0 Å². The second-order valence-corrected chi connectivity index (χ2v) is 6.55. The number of halogens is 3. The number of hydrogen-bond donors (Lipinski definition) is 2. The molecule has 0 aliphatic carbocycles. The van der Waals surface area contributed by atoms with Crippen LogP contribution in [-0.4, -0.2) is 33.4 Å². The minimum Gasteiger partial charge on any atom is -0.399 e. The van der Waals surface area contributed by atoms with E-state index in [0.29, 0.717) is 24.5 Å². The summed E-state index contributed by atoms with van der Waals surface area (Å²) in [6, 6.07) is 2.07. The second kappa shape index (κ2) is 7.47. The van der Waals surface area contributed by atoms with E-state index in [4.69, 9.17) is 28.9 Å². The summed E-state index contributed by atoms with van der Waals surface area (Å²) in [7, 11) is 0. The van der Waals surface area contributed by atoms with Crippen molar-refractivity contribution in [1.29, 1.82) is 0 Å². The molecule has 1 aromatic heterocycles. The zero-order chi connectivity index (χ0) is 18.8. The van der Waals surface area contributed by atoms with Crippen LogP contribution in [0.25, 0.3) is 0 Å². The van der Waals surface area contributed by atoms with E-state index in [1.54, 1.807) is 23.5 Å². The lowest BCUT2D eigenvalue weighted by atomic mass is 10.0. The molecule has 1 atom stereocenters. The zero-order valence-corrected chi connectivity index (χ0v) is 15.4. The predicted molar refractivity (Wildman–Crippen MR) is 98.4 cm³/mol. The van der Waals surface area contributed by atoms with E-state index in [1.807, 2.05) is 6.92 Å². The van der Waals surface area contributed by atoms with E-state index in [2.05, 4.69) is 15.3 Å². The molecule has 0 bridgehead atoms. The molecule has 1 aromatic carbocycles. The Bertz CT molecular complexity index is 875. The van der Waals surface area contributed by atoms with Crippen molar-refractivity contribution >= 4 is 34.9 Å². The number of amides is 1. The number of anilines is 1. The van der Waals surface area contributed by atoms with E-state index >= 15 is 0 Å². The van der Waals surface area contributed by atoms with Crippen molar-refractivity contribution in [2.45, 2.75) is 19.4 Å². The summed E-state index contributed by atoms with van der Waals surface area (Å²) in [6.45, 7) is 2.22. The van der Waals surface area contributed by atoms with Crippen molar-refractivity contribution in [2.75, 3.05) is 11.9 Å². The van der Waals surface area contributed by atoms with Crippen LogP contribution >= 0.6 is 23.2 Å². The Kier molecular flexibility index (Phi) is 5.29. The summed E-state index contributed by atoms with van der Waals surface area (Å²) < 4.78 is 13.5. The lowest BCUT2D eigenvalue weighted by Crippen LogP contribution is -2.46. The summed E-state index contributed by atoms with van der Waals surface area (Å²) in [5.74, 6) is -0.452. The molecule has 0 spiro atoms. The molecule has 1 aliphatic rings. The molecule has 2 aromatic rings. The van der Waals surface area contributed by atoms with Crippen LogP contribution in [0.15, 0.2) is 42.1 Å². The van der Waals surface area contributed by atoms with Gasteiger partial charge in [0.15, 0.2) is 0 Å².